The molecule has 2 nitrogen and oxygen atoms in total. The average Bonchev–Trinajstić information content (AvgIpc) is 1.37. The molecule has 0 saturated carbocycles. The van der Waals surface area contributed by atoms with Crippen LogP contribution in [0.15, 0.2) is 0 Å². The van der Waals surface area contributed by atoms with Crippen molar-refractivity contribution >= 4 is 12.6 Å². The molecule has 0 spiro atoms. The number of carbonyl (C=O) groups is 1. The van der Waals surface area contributed by atoms with Crippen molar-refractivity contribution in [3.63, 3.8) is 0 Å². The maximum Gasteiger partial charge on any atom is 1.00 e. The Kier molecular flexibility index (Phi) is 16.0. The van der Waals surface area contributed by atoms with Gasteiger partial charge in [0.2, 0.25) is 0 Å². The van der Waals surface area contributed by atoms with Crippen molar-refractivity contribution in [1.82, 2.24) is 0 Å². The van der Waals surface area contributed by atoms with Crippen molar-refractivity contribution in [3.05, 3.63) is 0 Å². The van der Waals surface area contributed by atoms with Crippen LogP contribution in [0.2, 0.25) is 0 Å². The first-order valence-corrected chi connectivity index (χ1v) is 0.729. The molecule has 0 aromatic heterocycles. The molecule has 0 aliphatic heterocycles. The van der Waals surface area contributed by atoms with Crippen LogP contribution >= 0.6 is 0 Å². The third-order valence-corrected chi connectivity index (χ3v) is 0.0481. The molecule has 0 amide bonds. The maximum atomic E-state index is 8.75. The molecular formula is C2HO2Ru. The molecule has 0 fully saturated rings. The zero-order valence-corrected chi connectivity index (χ0v) is 3.99. The summed E-state index contributed by atoms with van der Waals surface area (Å²) >= 11 is 0. The Labute approximate surface area is 42.3 Å². The molecule has 0 saturated heterocycles. The summed E-state index contributed by atoms with van der Waals surface area (Å²) in [7, 11) is 0. The van der Waals surface area contributed by atoms with E-state index in [2.05, 4.69) is 0 Å². The van der Waals surface area contributed by atoms with Gasteiger partial charge in [-0.3, -0.25) is 0 Å². The fourth-order valence-electron chi connectivity index (χ4n) is 0. The Morgan fingerprint density at radius 2 is 1.80 bits per heavy atom. The van der Waals surface area contributed by atoms with E-state index in [-0.39, 0.29) is 25.8 Å². The molecule has 0 atom stereocenters. The molecule has 0 N–H and O–H groups in total. The van der Waals surface area contributed by atoms with Gasteiger partial charge >= 0.3 is 19.5 Å². The van der Waals surface area contributed by atoms with E-state index in [1.54, 1.807) is 0 Å². The topological polar surface area (TPSA) is 34.1 Å². The molecule has 0 rings (SSSR count). The number of hydrogen-bond acceptors (Lipinski definition) is 2. The summed E-state index contributed by atoms with van der Waals surface area (Å²) in [6.07, 6.45) is 1.07. The summed E-state index contributed by atoms with van der Waals surface area (Å²) in [4.78, 5) is 17.4. The fourth-order valence-corrected chi connectivity index (χ4v) is 0. The van der Waals surface area contributed by atoms with E-state index >= 15 is 0 Å². The van der Waals surface area contributed by atoms with E-state index in [1.807, 2.05) is 0 Å². The first kappa shape index (κ1) is 8.88. The summed E-state index contributed by atoms with van der Waals surface area (Å²) in [5, 5.41) is 0. The van der Waals surface area contributed by atoms with Gasteiger partial charge in [-0.15, -0.1) is 0 Å². The zero-order valence-electron chi connectivity index (χ0n) is 2.25. The standard InChI is InChI=1S/C2HO2.Ru/c3-1-2-4;/h1H;/q-1;+1. The van der Waals surface area contributed by atoms with Gasteiger partial charge in [0.25, 0.3) is 0 Å². The van der Waals surface area contributed by atoms with E-state index in [4.69, 9.17) is 9.59 Å². The molecule has 0 aliphatic carbocycles. The van der Waals surface area contributed by atoms with Gasteiger partial charge in [-0.25, -0.2) is 0 Å². The van der Waals surface area contributed by atoms with Crippen LogP contribution in [0.5, 0.6) is 0 Å². The van der Waals surface area contributed by atoms with E-state index in [0.29, 0.717) is 0 Å². The molecule has 0 unspecified atom stereocenters. The molecule has 3 heteroatoms. The van der Waals surface area contributed by atoms with Gasteiger partial charge in [0.1, 0.15) is 0 Å². The smallest absolute Gasteiger partial charge is 0.534 e. The predicted octanol–water partition coefficient (Wildman–Crippen LogP) is -0.708. The number of rotatable bonds is 1. The minimum Gasteiger partial charge on any atom is -0.534 e. The van der Waals surface area contributed by atoms with E-state index in [1.165, 1.54) is 0 Å². The van der Waals surface area contributed by atoms with E-state index in [9.17, 15) is 0 Å². The van der Waals surface area contributed by atoms with Gasteiger partial charge in [-0.05, 0) is 0 Å². The van der Waals surface area contributed by atoms with Gasteiger partial charge in [-0.2, -0.15) is 6.29 Å². The number of aldehydes is 1. The van der Waals surface area contributed by atoms with E-state index < -0.39 is 0 Å². The second-order valence-electron chi connectivity index (χ2n) is 0.236. The molecule has 0 aromatic rings. The summed E-state index contributed by atoms with van der Waals surface area (Å²) in [5.74, 6) is 0. The summed E-state index contributed by atoms with van der Waals surface area (Å²) in [6.45, 7) is 0. The fraction of sp³-hybridized carbons (Fsp3) is 0. The van der Waals surface area contributed by atoms with Crippen LogP contribution in [0.25, 0.3) is 0 Å². The molecule has 1 radical (unpaired) electrons. The molecule has 0 bridgehead atoms. The zero-order chi connectivity index (χ0) is 3.41. The summed E-state index contributed by atoms with van der Waals surface area (Å²) < 4.78 is 0. The van der Waals surface area contributed by atoms with Gasteiger partial charge in [0, 0.05) is 6.29 Å². The number of hydrogen-bond donors (Lipinski definition) is 0. The maximum absolute atomic E-state index is 8.75. The minimum atomic E-state index is 0. The first-order valence-electron chi connectivity index (χ1n) is 0.729. The van der Waals surface area contributed by atoms with Crippen LogP contribution < -0.4 is 0 Å². The normalized spacial score (nSPS) is 4.00. The minimum absolute atomic E-state index is 0. The Balaban J connectivity index is 0. The van der Waals surface area contributed by atoms with Crippen molar-refractivity contribution < 1.29 is 29.1 Å². The second kappa shape index (κ2) is 9.03. The quantitative estimate of drug-likeness (QED) is 0.219. The van der Waals surface area contributed by atoms with E-state index in [0.717, 1.165) is 6.29 Å². The van der Waals surface area contributed by atoms with Crippen molar-refractivity contribution in [1.29, 1.82) is 0 Å². The average molecular weight is 158 g/mol. The monoisotopic (exact) mass is 159 g/mol. The molecular weight excluding hydrogens is 157 g/mol. The van der Waals surface area contributed by atoms with Crippen LogP contribution in [0.4, 0.5) is 0 Å². The Morgan fingerprint density at radius 3 is 1.80 bits per heavy atom. The molecule has 0 aliphatic rings. The first-order chi connectivity index (χ1) is 1.91. The molecule has 0 aromatic carbocycles. The third kappa shape index (κ3) is 16.5. The van der Waals surface area contributed by atoms with Crippen LogP contribution in [0.3, 0.4) is 0 Å². The van der Waals surface area contributed by atoms with Gasteiger partial charge in [0.15, 0.2) is 0 Å². The van der Waals surface area contributed by atoms with Crippen molar-refractivity contribution in [2.24, 2.45) is 0 Å². The third-order valence-electron chi connectivity index (χ3n) is 0.0481. The van der Waals surface area contributed by atoms with Gasteiger partial charge in [0.05, 0.1) is 0 Å². The molecule has 5 heavy (non-hydrogen) atoms. The van der Waals surface area contributed by atoms with Crippen LogP contribution in [-0.2, 0) is 29.1 Å². The summed E-state index contributed by atoms with van der Waals surface area (Å²) in [6, 6.07) is 0. The molecule has 29 valence electrons. The van der Waals surface area contributed by atoms with Crippen LogP contribution in [0, 0.1) is 0 Å². The van der Waals surface area contributed by atoms with Crippen molar-refractivity contribution in [2.75, 3.05) is 0 Å². The van der Waals surface area contributed by atoms with Crippen LogP contribution in [0.1, 0.15) is 0 Å². The molecule has 0 heterocycles. The largest absolute Gasteiger partial charge is 1.00 e. The van der Waals surface area contributed by atoms with Gasteiger partial charge < -0.3 is 9.59 Å². The Bertz CT molecular complexity index is 28.6. The van der Waals surface area contributed by atoms with Crippen molar-refractivity contribution in [3.8, 4) is 0 Å². The summed E-state index contributed by atoms with van der Waals surface area (Å²) in [5.41, 5.74) is 0. The number of carbonyl (C=O) groups excluding carboxylic acids is 2. The van der Waals surface area contributed by atoms with Crippen molar-refractivity contribution in [2.45, 2.75) is 0 Å². The van der Waals surface area contributed by atoms with Gasteiger partial charge in [-0.1, -0.05) is 0 Å². The van der Waals surface area contributed by atoms with Crippen LogP contribution in [-0.4, -0.2) is 12.6 Å². The Hall–Kier alpha value is -0.0366. The second-order valence-corrected chi connectivity index (χ2v) is 0.236. The SMILES string of the molecule is O=[C-]C=O.[Ru+]. The predicted molar refractivity (Wildman–Crippen MR) is 11.8 cm³/mol. The Morgan fingerprint density at radius 1 is 1.60 bits per heavy atom.